The summed E-state index contributed by atoms with van der Waals surface area (Å²) in [6.45, 7) is 4.67. The highest BCUT2D eigenvalue weighted by Crippen LogP contribution is 2.37. The molecule has 0 aliphatic carbocycles. The van der Waals surface area contributed by atoms with E-state index < -0.39 is 5.91 Å². The number of aromatic nitrogens is 1. The fourth-order valence-electron chi connectivity index (χ4n) is 4.65. The number of halogens is 1. The Morgan fingerprint density at radius 3 is 2.71 bits per heavy atom. The molecular weight excluding hydrogens is 502 g/mol. The molecule has 0 bridgehead atoms. The van der Waals surface area contributed by atoms with Crippen LogP contribution in [0.15, 0.2) is 77.4 Å². The lowest BCUT2D eigenvalue weighted by atomic mass is 9.87. The van der Waals surface area contributed by atoms with E-state index in [1.54, 1.807) is 24.3 Å². The van der Waals surface area contributed by atoms with Gasteiger partial charge in [-0.1, -0.05) is 60.5 Å². The monoisotopic (exact) mass is 529 g/mol. The summed E-state index contributed by atoms with van der Waals surface area (Å²) < 4.78 is 11.5. The molecule has 8 heteroatoms. The van der Waals surface area contributed by atoms with Gasteiger partial charge in [-0.2, -0.15) is 0 Å². The van der Waals surface area contributed by atoms with Crippen molar-refractivity contribution in [1.29, 1.82) is 0 Å². The Kier molecular flexibility index (Phi) is 7.47. The number of fused-ring (bicyclic) bond motifs is 1. The maximum absolute atomic E-state index is 12.8. The van der Waals surface area contributed by atoms with E-state index in [0.29, 0.717) is 29.4 Å². The maximum Gasteiger partial charge on any atom is 0.277 e. The third-order valence-corrected chi connectivity index (χ3v) is 6.83. The summed E-state index contributed by atoms with van der Waals surface area (Å²) >= 11 is 5.98. The molecule has 194 valence electrons. The average Bonchev–Trinajstić information content (AvgIpc) is 3.41. The summed E-state index contributed by atoms with van der Waals surface area (Å²) in [7, 11) is 0. The van der Waals surface area contributed by atoms with Crippen molar-refractivity contribution in [2.75, 3.05) is 11.9 Å². The summed E-state index contributed by atoms with van der Waals surface area (Å²) in [6, 6.07) is 21.0. The molecule has 0 saturated heterocycles. The van der Waals surface area contributed by atoms with E-state index in [1.807, 2.05) is 24.0 Å². The van der Waals surface area contributed by atoms with Gasteiger partial charge in [0.1, 0.15) is 12.0 Å². The number of anilines is 1. The lowest BCUT2D eigenvalue weighted by molar-refractivity contribution is -0.132. The number of nitrogens with zero attached hydrogens (tertiary/aromatic N) is 2. The van der Waals surface area contributed by atoms with E-state index in [2.05, 4.69) is 47.6 Å². The number of oxazole rings is 1. The molecule has 1 unspecified atom stereocenters. The van der Waals surface area contributed by atoms with Gasteiger partial charge in [0.2, 0.25) is 11.8 Å². The van der Waals surface area contributed by atoms with Crippen molar-refractivity contribution < 1.29 is 18.7 Å². The van der Waals surface area contributed by atoms with Crippen LogP contribution in [0.4, 0.5) is 5.69 Å². The van der Waals surface area contributed by atoms with Crippen LogP contribution in [0, 0.1) is 6.92 Å². The molecule has 4 aromatic rings. The molecule has 0 fully saturated rings. The molecule has 1 atom stereocenters. The second kappa shape index (κ2) is 11.1. The number of rotatable bonds is 7. The van der Waals surface area contributed by atoms with Crippen molar-refractivity contribution in [3.8, 4) is 5.75 Å². The van der Waals surface area contributed by atoms with Gasteiger partial charge in [-0.05, 0) is 60.4 Å². The SMILES string of the molecule is CCC(=O)N1CCc2ccc(OCc3nc(C(=O)Nc4cccc(Cl)c4)co3)cc2C1c1ccc(C)cc1. The summed E-state index contributed by atoms with van der Waals surface area (Å²) in [5.74, 6) is 0.625. The van der Waals surface area contributed by atoms with Gasteiger partial charge in [0.15, 0.2) is 12.3 Å². The lowest BCUT2D eigenvalue weighted by Gasteiger charge is -2.38. The number of benzene rings is 3. The van der Waals surface area contributed by atoms with Crippen LogP contribution in [0.3, 0.4) is 0 Å². The Balaban J connectivity index is 1.33. The van der Waals surface area contributed by atoms with Crippen LogP contribution in [-0.4, -0.2) is 28.2 Å². The van der Waals surface area contributed by atoms with E-state index in [4.69, 9.17) is 20.8 Å². The van der Waals surface area contributed by atoms with Crippen molar-refractivity contribution in [2.45, 2.75) is 39.3 Å². The zero-order valence-electron chi connectivity index (χ0n) is 21.2. The first-order valence-electron chi connectivity index (χ1n) is 12.5. The molecule has 1 aliphatic rings. The lowest BCUT2D eigenvalue weighted by Crippen LogP contribution is -2.40. The third-order valence-electron chi connectivity index (χ3n) is 6.59. The van der Waals surface area contributed by atoms with Crippen LogP contribution in [0.1, 0.15) is 58.0 Å². The maximum atomic E-state index is 12.8. The molecule has 3 aromatic carbocycles. The van der Waals surface area contributed by atoms with E-state index in [-0.39, 0.29) is 30.1 Å². The molecule has 0 radical (unpaired) electrons. The smallest absolute Gasteiger partial charge is 0.277 e. The Bertz CT molecular complexity index is 1460. The van der Waals surface area contributed by atoms with Gasteiger partial charge >= 0.3 is 0 Å². The first-order valence-corrected chi connectivity index (χ1v) is 12.9. The zero-order valence-corrected chi connectivity index (χ0v) is 22.0. The number of ether oxygens (including phenoxy) is 1. The predicted octanol–water partition coefficient (Wildman–Crippen LogP) is 6.35. The van der Waals surface area contributed by atoms with E-state index in [0.717, 1.165) is 17.5 Å². The number of carbonyl (C=O) groups excluding carboxylic acids is 2. The van der Waals surface area contributed by atoms with Crippen molar-refractivity contribution in [1.82, 2.24) is 9.88 Å². The zero-order chi connectivity index (χ0) is 26.6. The normalized spacial score (nSPS) is 14.6. The molecule has 1 N–H and O–H groups in total. The summed E-state index contributed by atoms with van der Waals surface area (Å²) in [4.78, 5) is 31.6. The van der Waals surface area contributed by atoms with Gasteiger partial charge in [-0.15, -0.1) is 0 Å². The fourth-order valence-corrected chi connectivity index (χ4v) is 4.84. The molecule has 2 heterocycles. The number of aryl methyl sites for hydroxylation is 1. The molecule has 2 amide bonds. The molecule has 1 aliphatic heterocycles. The molecule has 0 saturated carbocycles. The van der Waals surface area contributed by atoms with Gasteiger partial charge in [0.25, 0.3) is 5.91 Å². The molecule has 7 nitrogen and oxygen atoms in total. The number of carbonyl (C=O) groups is 2. The first kappa shape index (κ1) is 25.5. The van der Waals surface area contributed by atoms with E-state index in [9.17, 15) is 9.59 Å². The van der Waals surface area contributed by atoms with Gasteiger partial charge in [-0.3, -0.25) is 9.59 Å². The number of hydrogen-bond acceptors (Lipinski definition) is 5. The van der Waals surface area contributed by atoms with Crippen molar-refractivity contribution in [3.05, 3.63) is 112 Å². The van der Waals surface area contributed by atoms with Gasteiger partial charge in [0.05, 0.1) is 6.04 Å². The third kappa shape index (κ3) is 5.58. The highest BCUT2D eigenvalue weighted by Gasteiger charge is 2.31. The minimum Gasteiger partial charge on any atom is -0.484 e. The topological polar surface area (TPSA) is 84.7 Å². The predicted molar refractivity (Wildman–Crippen MR) is 145 cm³/mol. The second-order valence-corrected chi connectivity index (χ2v) is 9.68. The van der Waals surface area contributed by atoms with Gasteiger partial charge in [-0.25, -0.2) is 4.98 Å². The van der Waals surface area contributed by atoms with Gasteiger partial charge in [0, 0.05) is 23.7 Å². The van der Waals surface area contributed by atoms with E-state index in [1.165, 1.54) is 17.4 Å². The molecular formula is C30H28ClN3O4. The highest BCUT2D eigenvalue weighted by atomic mass is 35.5. The molecule has 38 heavy (non-hydrogen) atoms. The molecule has 0 spiro atoms. The quantitative estimate of drug-likeness (QED) is 0.301. The highest BCUT2D eigenvalue weighted by molar-refractivity contribution is 6.30. The van der Waals surface area contributed by atoms with Gasteiger partial charge < -0.3 is 19.4 Å². The number of amides is 2. The second-order valence-electron chi connectivity index (χ2n) is 9.24. The number of hydrogen-bond donors (Lipinski definition) is 1. The Labute approximate surface area is 226 Å². The van der Waals surface area contributed by atoms with Crippen LogP contribution in [-0.2, 0) is 17.8 Å². The molecule has 1 aromatic heterocycles. The van der Waals surface area contributed by atoms with Crippen LogP contribution < -0.4 is 10.1 Å². The Hall–Kier alpha value is -4.10. The largest absolute Gasteiger partial charge is 0.484 e. The molecule has 5 rings (SSSR count). The Morgan fingerprint density at radius 2 is 1.95 bits per heavy atom. The summed E-state index contributed by atoms with van der Waals surface area (Å²) in [5, 5.41) is 3.27. The minimum atomic E-state index is -0.405. The summed E-state index contributed by atoms with van der Waals surface area (Å²) in [5.41, 5.74) is 5.19. The van der Waals surface area contributed by atoms with Crippen molar-refractivity contribution in [3.63, 3.8) is 0 Å². The van der Waals surface area contributed by atoms with Crippen molar-refractivity contribution in [2.24, 2.45) is 0 Å². The fraction of sp³-hybridized carbons (Fsp3) is 0.233. The van der Waals surface area contributed by atoms with Crippen molar-refractivity contribution >= 4 is 29.1 Å². The van der Waals surface area contributed by atoms with Crippen LogP contribution in [0.25, 0.3) is 0 Å². The number of nitrogens with one attached hydrogen (secondary N) is 1. The minimum absolute atomic E-state index is 0.0516. The van der Waals surface area contributed by atoms with Crippen LogP contribution >= 0.6 is 11.6 Å². The summed E-state index contributed by atoms with van der Waals surface area (Å²) in [6.07, 6.45) is 2.53. The first-order chi connectivity index (χ1) is 18.4. The average molecular weight is 530 g/mol. The Morgan fingerprint density at radius 1 is 1.13 bits per heavy atom. The standard InChI is InChI=1S/C30H28ClN3O4/c1-3-28(35)34-14-13-20-11-12-24(16-25(20)29(34)21-9-7-19(2)8-10-21)37-18-27-33-26(17-38-27)30(36)32-23-6-4-5-22(31)15-23/h4-12,15-17,29H,3,13-14,18H2,1-2H3,(H,32,36). The van der Waals surface area contributed by atoms with E-state index >= 15 is 0 Å². The van der Waals surface area contributed by atoms with Crippen LogP contribution in [0.2, 0.25) is 5.02 Å². The van der Waals surface area contributed by atoms with Crippen LogP contribution in [0.5, 0.6) is 5.75 Å².